The van der Waals surface area contributed by atoms with Gasteiger partial charge in [-0.2, -0.15) is 0 Å². The third-order valence-electron chi connectivity index (χ3n) is 8.69. The highest BCUT2D eigenvalue weighted by Crippen LogP contribution is 2.41. The van der Waals surface area contributed by atoms with Gasteiger partial charge in [-0.25, -0.2) is 0 Å². The van der Waals surface area contributed by atoms with Crippen LogP contribution in [0.2, 0.25) is 5.02 Å². The third-order valence-corrected chi connectivity index (χ3v) is 8.94. The zero-order valence-electron chi connectivity index (χ0n) is 26.1. The van der Waals surface area contributed by atoms with E-state index >= 15 is 0 Å². The first kappa shape index (κ1) is 31.9. The normalized spacial score (nSPS) is 20.0. The summed E-state index contributed by atoms with van der Waals surface area (Å²) in [5, 5.41) is 0.675. The first-order valence-corrected chi connectivity index (χ1v) is 15.3. The molecular weight excluding hydrogens is 546 g/mol. The zero-order valence-corrected chi connectivity index (χ0v) is 26.9. The lowest BCUT2D eigenvalue weighted by molar-refractivity contribution is -0.131. The molecule has 2 aliphatic heterocycles. The van der Waals surface area contributed by atoms with E-state index in [0.29, 0.717) is 29.0 Å². The molecule has 3 aromatic rings. The lowest BCUT2D eigenvalue weighted by Crippen LogP contribution is -2.37. The van der Waals surface area contributed by atoms with Crippen molar-refractivity contribution in [3.05, 3.63) is 94.0 Å². The number of methoxy groups -OCH3 is 1. The second kappa shape index (κ2) is 14.4. The first-order chi connectivity index (χ1) is 20.1. The van der Waals surface area contributed by atoms with E-state index in [1.54, 1.807) is 12.0 Å². The van der Waals surface area contributed by atoms with E-state index in [2.05, 4.69) is 68.1 Å². The van der Waals surface area contributed by atoms with E-state index in [1.807, 2.05) is 50.4 Å². The van der Waals surface area contributed by atoms with Crippen LogP contribution in [0, 0.1) is 0 Å². The maximum atomic E-state index is 12.5. The summed E-state index contributed by atoms with van der Waals surface area (Å²) in [6.45, 7) is 8.85. The molecule has 7 heteroatoms. The number of likely N-dealkylation sites (tertiary alicyclic amines) is 1. The van der Waals surface area contributed by atoms with Gasteiger partial charge in [-0.3, -0.25) is 9.69 Å². The predicted octanol–water partition coefficient (Wildman–Crippen LogP) is 7.01. The van der Waals surface area contributed by atoms with E-state index in [4.69, 9.17) is 21.1 Å². The van der Waals surface area contributed by atoms with Crippen LogP contribution in [-0.4, -0.2) is 74.1 Å². The number of carbonyl (C=O) groups excluding carboxylic acids is 1. The molecular formula is C35H46ClN3O3. The Bertz CT molecular complexity index is 1320. The van der Waals surface area contributed by atoms with Crippen molar-refractivity contribution < 1.29 is 14.3 Å². The summed E-state index contributed by atoms with van der Waals surface area (Å²) in [5.74, 6) is 1.45. The maximum absolute atomic E-state index is 12.5. The van der Waals surface area contributed by atoms with Crippen molar-refractivity contribution >= 4 is 17.5 Å². The Balaban J connectivity index is 0.000000216. The molecule has 0 saturated carbocycles. The Morgan fingerprint density at radius 1 is 1.02 bits per heavy atom. The van der Waals surface area contributed by atoms with Crippen LogP contribution < -0.4 is 9.47 Å². The molecule has 0 aromatic heterocycles. The van der Waals surface area contributed by atoms with Crippen LogP contribution >= 0.6 is 11.6 Å². The molecule has 226 valence electrons. The van der Waals surface area contributed by atoms with Crippen LogP contribution in [0.3, 0.4) is 0 Å². The van der Waals surface area contributed by atoms with Crippen molar-refractivity contribution in [2.75, 3.05) is 41.3 Å². The molecule has 6 nitrogen and oxygen atoms in total. The number of amides is 1. The minimum Gasteiger partial charge on any atom is -0.493 e. The largest absolute Gasteiger partial charge is 0.493 e. The quantitative estimate of drug-likeness (QED) is 0.282. The molecule has 0 aliphatic carbocycles. The highest BCUT2D eigenvalue weighted by molar-refractivity contribution is 6.30. The van der Waals surface area contributed by atoms with E-state index in [1.165, 1.54) is 25.1 Å². The average molecular weight is 592 g/mol. The smallest absolute Gasteiger partial charge is 0.227 e. The van der Waals surface area contributed by atoms with E-state index < -0.39 is 0 Å². The Hall–Kier alpha value is -3.06. The number of rotatable bonds is 8. The number of halogens is 1. The van der Waals surface area contributed by atoms with E-state index in [0.717, 1.165) is 29.2 Å². The van der Waals surface area contributed by atoms with Crippen molar-refractivity contribution in [2.45, 2.75) is 64.3 Å². The van der Waals surface area contributed by atoms with Gasteiger partial charge in [-0.05, 0) is 87.3 Å². The second-order valence-corrected chi connectivity index (χ2v) is 12.1. The Kier molecular flexibility index (Phi) is 10.9. The standard InChI is InChI=1S/C21H24ClNO3.C14H22N2/c1-5-13(2)26-19-12-17-15(10-18(19)25-4)11-20(24)23(3)21(17)14-6-8-16(22)9-7-14;1-12(13-7-5-4-6-8-13)16-10-9-14(11-16)15(2)3/h6-10,12-13,21H,5,11H2,1-4H3;4-8,12,14H,9-11H2,1-3H3/t13-,21?;/m1./s1. The fourth-order valence-electron chi connectivity index (χ4n) is 5.75. The highest BCUT2D eigenvalue weighted by atomic mass is 35.5. The maximum Gasteiger partial charge on any atom is 0.227 e. The molecule has 1 saturated heterocycles. The van der Waals surface area contributed by atoms with Crippen molar-refractivity contribution in [2.24, 2.45) is 0 Å². The van der Waals surface area contributed by atoms with Crippen LogP contribution in [0.15, 0.2) is 66.7 Å². The topological polar surface area (TPSA) is 45.3 Å². The molecule has 0 radical (unpaired) electrons. The monoisotopic (exact) mass is 591 g/mol. The third kappa shape index (κ3) is 7.47. The number of hydrogen-bond donors (Lipinski definition) is 0. The molecule has 1 amide bonds. The molecule has 2 heterocycles. The molecule has 2 aliphatic rings. The lowest BCUT2D eigenvalue weighted by atomic mass is 9.87. The number of benzene rings is 3. The second-order valence-electron chi connectivity index (χ2n) is 11.7. The van der Waals surface area contributed by atoms with Gasteiger partial charge < -0.3 is 19.3 Å². The van der Waals surface area contributed by atoms with Crippen molar-refractivity contribution in [3.8, 4) is 11.5 Å². The number of likely N-dealkylation sites (N-methyl/N-ethyl adjacent to an activating group) is 2. The summed E-state index contributed by atoms with van der Waals surface area (Å²) in [6.07, 6.45) is 2.64. The predicted molar refractivity (Wildman–Crippen MR) is 172 cm³/mol. The summed E-state index contributed by atoms with van der Waals surface area (Å²) in [4.78, 5) is 19.3. The molecule has 3 unspecified atom stereocenters. The number of fused-ring (bicyclic) bond motifs is 1. The molecule has 42 heavy (non-hydrogen) atoms. The van der Waals surface area contributed by atoms with Crippen LogP contribution in [-0.2, 0) is 11.2 Å². The Morgan fingerprint density at radius 3 is 2.31 bits per heavy atom. The van der Waals surface area contributed by atoms with Crippen LogP contribution in [0.5, 0.6) is 11.5 Å². The van der Waals surface area contributed by atoms with Gasteiger partial charge in [0.1, 0.15) is 0 Å². The minimum atomic E-state index is -0.172. The molecule has 0 bridgehead atoms. The summed E-state index contributed by atoms with van der Waals surface area (Å²) >= 11 is 6.04. The van der Waals surface area contributed by atoms with Crippen LogP contribution in [0.1, 0.15) is 68.0 Å². The van der Waals surface area contributed by atoms with Gasteiger partial charge in [-0.15, -0.1) is 0 Å². The van der Waals surface area contributed by atoms with Gasteiger partial charge in [0, 0.05) is 37.2 Å². The van der Waals surface area contributed by atoms with E-state index in [-0.39, 0.29) is 18.1 Å². The summed E-state index contributed by atoms with van der Waals surface area (Å²) < 4.78 is 11.6. The average Bonchev–Trinajstić information content (AvgIpc) is 3.50. The van der Waals surface area contributed by atoms with Gasteiger partial charge in [0.15, 0.2) is 11.5 Å². The number of carbonyl (C=O) groups is 1. The number of hydrogen-bond acceptors (Lipinski definition) is 5. The van der Waals surface area contributed by atoms with Crippen molar-refractivity contribution in [1.29, 1.82) is 0 Å². The first-order valence-electron chi connectivity index (χ1n) is 15.0. The lowest BCUT2D eigenvalue weighted by Gasteiger charge is -2.35. The molecule has 0 N–H and O–H groups in total. The highest BCUT2D eigenvalue weighted by Gasteiger charge is 2.33. The van der Waals surface area contributed by atoms with E-state index in [9.17, 15) is 4.79 Å². The van der Waals surface area contributed by atoms with Gasteiger partial charge in [0.05, 0.1) is 25.7 Å². The van der Waals surface area contributed by atoms with Crippen LogP contribution in [0.25, 0.3) is 0 Å². The SMILES string of the molecule is CC(c1ccccc1)N1CCC(N(C)C)C1.CC[C@@H](C)Oc1cc2c(cc1OC)CC(=O)N(C)C2c1ccc(Cl)cc1. The minimum absolute atomic E-state index is 0.0788. The zero-order chi connectivity index (χ0) is 30.4. The Morgan fingerprint density at radius 2 is 1.71 bits per heavy atom. The number of nitrogens with zero attached hydrogens (tertiary/aromatic N) is 3. The van der Waals surface area contributed by atoms with Crippen LogP contribution in [0.4, 0.5) is 0 Å². The van der Waals surface area contributed by atoms with Gasteiger partial charge >= 0.3 is 0 Å². The summed E-state index contributed by atoms with van der Waals surface area (Å²) in [7, 11) is 7.82. The van der Waals surface area contributed by atoms with Crippen molar-refractivity contribution in [1.82, 2.24) is 14.7 Å². The van der Waals surface area contributed by atoms with Gasteiger partial charge in [0.25, 0.3) is 0 Å². The number of ether oxygens (including phenoxy) is 2. The molecule has 3 aromatic carbocycles. The molecule has 5 rings (SSSR count). The fraction of sp³-hybridized carbons (Fsp3) is 0.457. The fourth-order valence-corrected chi connectivity index (χ4v) is 5.88. The molecule has 4 atom stereocenters. The molecule has 1 fully saturated rings. The summed E-state index contributed by atoms with van der Waals surface area (Å²) in [6, 6.07) is 23.5. The molecule has 0 spiro atoms. The van der Waals surface area contributed by atoms with Gasteiger partial charge in [-0.1, -0.05) is 61.0 Å². The van der Waals surface area contributed by atoms with Gasteiger partial charge in [0.2, 0.25) is 5.91 Å². The Labute approximate surface area is 257 Å². The summed E-state index contributed by atoms with van der Waals surface area (Å²) in [5.41, 5.74) is 4.49. The van der Waals surface area contributed by atoms with Crippen molar-refractivity contribution in [3.63, 3.8) is 0 Å².